The normalized spacial score (nSPS) is 11.5. The van der Waals surface area contributed by atoms with E-state index in [0.29, 0.717) is 19.1 Å². The Morgan fingerprint density at radius 3 is 2.55 bits per heavy atom. The van der Waals surface area contributed by atoms with Gasteiger partial charge in [-0.3, -0.25) is 4.79 Å². The molecule has 1 aromatic carbocycles. The van der Waals surface area contributed by atoms with Gasteiger partial charge in [0.05, 0.1) is 11.1 Å². The number of methoxy groups -OCH3 is 1. The molecular weight excluding hydrogens is 278 g/mol. The Hall–Kier alpha value is -1.63. The molecule has 0 heterocycles. The maximum Gasteiger partial charge on any atom is 0.419 e. The monoisotopic (exact) mass is 293 g/mol. The maximum absolute atomic E-state index is 13.8. The average molecular weight is 293 g/mol. The summed E-state index contributed by atoms with van der Waals surface area (Å²) in [7, 11) is 2.89. The minimum atomic E-state index is -4.82. The zero-order chi connectivity index (χ0) is 15.3. The molecule has 0 spiro atoms. The summed E-state index contributed by atoms with van der Waals surface area (Å²) in [6.45, 7) is 0.672. The molecule has 0 unspecified atom stereocenters. The molecule has 20 heavy (non-hydrogen) atoms. The van der Waals surface area contributed by atoms with Crippen molar-refractivity contribution in [1.82, 2.24) is 4.90 Å². The van der Waals surface area contributed by atoms with E-state index in [9.17, 15) is 22.4 Å². The molecule has 1 aromatic rings. The molecule has 0 aliphatic rings. The molecule has 0 radical (unpaired) electrons. The molecule has 1 rings (SSSR count). The lowest BCUT2D eigenvalue weighted by Crippen LogP contribution is -2.29. The van der Waals surface area contributed by atoms with Crippen molar-refractivity contribution in [1.29, 1.82) is 0 Å². The molecule has 0 aliphatic heterocycles. The van der Waals surface area contributed by atoms with Crippen LogP contribution in [0.5, 0.6) is 0 Å². The van der Waals surface area contributed by atoms with Crippen molar-refractivity contribution < 1.29 is 27.1 Å². The number of nitrogens with zero attached hydrogens (tertiary/aromatic N) is 1. The Labute approximate surface area is 114 Å². The molecule has 0 bridgehead atoms. The van der Waals surface area contributed by atoms with Gasteiger partial charge in [-0.1, -0.05) is 6.07 Å². The standard InChI is InChI=1S/C13H15F4NO2/c1-18(7-4-8-20-2)12(19)9-5-3-6-10(11(9)14)13(15,16)17/h3,5-6H,4,7-8H2,1-2H3. The van der Waals surface area contributed by atoms with E-state index in [1.165, 1.54) is 14.2 Å². The van der Waals surface area contributed by atoms with Crippen molar-refractivity contribution in [3.8, 4) is 0 Å². The smallest absolute Gasteiger partial charge is 0.385 e. The maximum atomic E-state index is 13.8. The second-order valence-electron chi connectivity index (χ2n) is 4.24. The first-order chi connectivity index (χ1) is 9.29. The minimum Gasteiger partial charge on any atom is -0.385 e. The molecule has 7 heteroatoms. The summed E-state index contributed by atoms with van der Waals surface area (Å²) >= 11 is 0. The molecule has 0 aromatic heterocycles. The van der Waals surface area contributed by atoms with Crippen LogP contribution in [0.1, 0.15) is 22.3 Å². The molecule has 3 nitrogen and oxygen atoms in total. The molecule has 1 amide bonds. The van der Waals surface area contributed by atoms with Gasteiger partial charge in [0.25, 0.3) is 5.91 Å². The molecular formula is C13H15F4NO2. The predicted molar refractivity (Wildman–Crippen MR) is 64.9 cm³/mol. The van der Waals surface area contributed by atoms with Crippen LogP contribution in [0.2, 0.25) is 0 Å². The van der Waals surface area contributed by atoms with Crippen LogP contribution in [0, 0.1) is 5.82 Å². The Morgan fingerprint density at radius 2 is 2.00 bits per heavy atom. The number of rotatable bonds is 5. The summed E-state index contributed by atoms with van der Waals surface area (Å²) in [4.78, 5) is 13.1. The van der Waals surface area contributed by atoms with Crippen LogP contribution in [0.3, 0.4) is 0 Å². The summed E-state index contributed by atoms with van der Waals surface area (Å²) < 4.78 is 56.3. The Bertz CT molecular complexity index is 474. The summed E-state index contributed by atoms with van der Waals surface area (Å²) in [6.07, 6.45) is -4.31. The van der Waals surface area contributed by atoms with Crippen LogP contribution in [0.15, 0.2) is 18.2 Å². The van der Waals surface area contributed by atoms with Gasteiger partial charge in [0.2, 0.25) is 0 Å². The van der Waals surface area contributed by atoms with Crippen molar-refractivity contribution in [2.45, 2.75) is 12.6 Å². The van der Waals surface area contributed by atoms with Crippen molar-refractivity contribution in [3.05, 3.63) is 35.1 Å². The van der Waals surface area contributed by atoms with Gasteiger partial charge in [-0.2, -0.15) is 13.2 Å². The van der Waals surface area contributed by atoms with E-state index in [4.69, 9.17) is 4.74 Å². The number of alkyl halides is 3. The number of benzene rings is 1. The lowest BCUT2D eigenvalue weighted by Gasteiger charge is -2.18. The summed E-state index contributed by atoms with van der Waals surface area (Å²) in [5, 5.41) is 0. The van der Waals surface area contributed by atoms with Gasteiger partial charge in [-0.25, -0.2) is 4.39 Å². The lowest BCUT2D eigenvalue weighted by atomic mass is 10.1. The first-order valence-electron chi connectivity index (χ1n) is 5.89. The fourth-order valence-electron chi connectivity index (χ4n) is 1.67. The molecule has 112 valence electrons. The van der Waals surface area contributed by atoms with Crippen LogP contribution in [0.4, 0.5) is 17.6 Å². The van der Waals surface area contributed by atoms with Gasteiger partial charge in [0.15, 0.2) is 0 Å². The van der Waals surface area contributed by atoms with Gasteiger partial charge in [0.1, 0.15) is 5.82 Å². The quantitative estimate of drug-likeness (QED) is 0.617. The predicted octanol–water partition coefficient (Wildman–Crippen LogP) is 2.95. The molecule has 0 aliphatic carbocycles. The highest BCUT2D eigenvalue weighted by Gasteiger charge is 2.36. The number of carbonyl (C=O) groups excluding carboxylic acids is 1. The van der Waals surface area contributed by atoms with E-state index in [1.807, 2.05) is 0 Å². The number of halogens is 4. The first kappa shape index (κ1) is 16.4. The van der Waals surface area contributed by atoms with Gasteiger partial charge in [-0.05, 0) is 18.6 Å². The number of carbonyl (C=O) groups is 1. The fourth-order valence-corrected chi connectivity index (χ4v) is 1.67. The Kier molecular flexibility index (Phi) is 5.50. The van der Waals surface area contributed by atoms with E-state index in [1.54, 1.807) is 0 Å². The topological polar surface area (TPSA) is 29.5 Å². The minimum absolute atomic E-state index is 0.266. The first-order valence-corrected chi connectivity index (χ1v) is 5.89. The average Bonchev–Trinajstić information content (AvgIpc) is 2.37. The fraction of sp³-hybridized carbons (Fsp3) is 0.462. The van der Waals surface area contributed by atoms with Crippen LogP contribution in [-0.2, 0) is 10.9 Å². The Morgan fingerprint density at radius 1 is 1.35 bits per heavy atom. The largest absolute Gasteiger partial charge is 0.419 e. The second kappa shape index (κ2) is 6.69. The van der Waals surface area contributed by atoms with Gasteiger partial charge in [0, 0.05) is 27.3 Å². The summed E-state index contributed by atoms with van der Waals surface area (Å²) in [6, 6.07) is 2.67. The molecule has 0 saturated carbocycles. The lowest BCUT2D eigenvalue weighted by molar-refractivity contribution is -0.140. The zero-order valence-corrected chi connectivity index (χ0v) is 11.1. The van der Waals surface area contributed by atoms with E-state index in [2.05, 4.69) is 0 Å². The van der Waals surface area contributed by atoms with Crippen LogP contribution >= 0.6 is 0 Å². The molecule has 0 fully saturated rings. The highest BCUT2D eigenvalue weighted by molar-refractivity contribution is 5.94. The van der Waals surface area contributed by atoms with Crippen molar-refractivity contribution in [2.75, 3.05) is 27.3 Å². The van der Waals surface area contributed by atoms with Gasteiger partial charge >= 0.3 is 6.18 Å². The van der Waals surface area contributed by atoms with Crippen LogP contribution < -0.4 is 0 Å². The van der Waals surface area contributed by atoms with Crippen molar-refractivity contribution in [3.63, 3.8) is 0 Å². The van der Waals surface area contributed by atoms with Crippen LogP contribution in [-0.4, -0.2) is 38.1 Å². The van der Waals surface area contributed by atoms with E-state index >= 15 is 0 Å². The SMILES string of the molecule is COCCCN(C)C(=O)c1cccc(C(F)(F)F)c1F. The van der Waals surface area contributed by atoms with E-state index in [-0.39, 0.29) is 6.54 Å². The number of hydrogen-bond acceptors (Lipinski definition) is 2. The number of ether oxygens (including phenoxy) is 1. The number of hydrogen-bond donors (Lipinski definition) is 0. The van der Waals surface area contributed by atoms with Crippen molar-refractivity contribution in [2.24, 2.45) is 0 Å². The second-order valence-corrected chi connectivity index (χ2v) is 4.24. The third-order valence-electron chi connectivity index (χ3n) is 2.72. The third kappa shape index (κ3) is 3.93. The molecule has 0 N–H and O–H groups in total. The van der Waals surface area contributed by atoms with Crippen molar-refractivity contribution >= 4 is 5.91 Å². The molecule has 0 saturated heterocycles. The molecule has 0 atom stereocenters. The van der Waals surface area contributed by atoms with Crippen LogP contribution in [0.25, 0.3) is 0 Å². The van der Waals surface area contributed by atoms with Gasteiger partial charge in [-0.15, -0.1) is 0 Å². The zero-order valence-electron chi connectivity index (χ0n) is 11.1. The third-order valence-corrected chi connectivity index (χ3v) is 2.72. The Balaban J connectivity index is 2.94. The van der Waals surface area contributed by atoms with E-state index in [0.717, 1.165) is 17.0 Å². The summed E-state index contributed by atoms with van der Waals surface area (Å²) in [5.41, 5.74) is -2.02. The van der Waals surface area contributed by atoms with E-state index < -0.39 is 29.0 Å². The highest BCUT2D eigenvalue weighted by Crippen LogP contribution is 2.32. The van der Waals surface area contributed by atoms with Gasteiger partial charge < -0.3 is 9.64 Å². The number of amides is 1. The highest BCUT2D eigenvalue weighted by atomic mass is 19.4. The summed E-state index contributed by atoms with van der Waals surface area (Å²) in [5.74, 6) is -2.33.